The maximum absolute atomic E-state index is 14.4. The minimum atomic E-state index is -3.12. The van der Waals surface area contributed by atoms with Gasteiger partial charge in [-0.15, -0.1) is 0 Å². The summed E-state index contributed by atoms with van der Waals surface area (Å²) < 4.78 is 27.5. The van der Waals surface area contributed by atoms with E-state index in [1.165, 1.54) is 186 Å². The fourth-order valence-electron chi connectivity index (χ4n) is 7.04. The third-order valence-corrected chi connectivity index (χ3v) is 12.2. The summed E-state index contributed by atoms with van der Waals surface area (Å²) in [7, 11) is -3.12. The van der Waals surface area contributed by atoms with Gasteiger partial charge in [-0.1, -0.05) is 163 Å². The molecular weight excluding hydrogens is 573 g/mol. The van der Waals surface area contributed by atoms with Gasteiger partial charge in [0.25, 0.3) is 0 Å². The lowest BCUT2D eigenvalue weighted by Gasteiger charge is -2.28. The molecule has 1 aliphatic heterocycles. The van der Waals surface area contributed by atoms with Crippen LogP contribution in [0.5, 0.6) is 0 Å². The van der Waals surface area contributed by atoms with Crippen molar-refractivity contribution in [3.8, 4) is 0 Å². The first kappa shape index (κ1) is 43.1. The van der Waals surface area contributed by atoms with Crippen molar-refractivity contribution in [2.45, 2.75) is 207 Å². The third kappa shape index (κ3) is 25.8. The Labute approximate surface area is 283 Å². The molecule has 45 heavy (non-hydrogen) atoms. The molecule has 1 aliphatic rings. The molecule has 4 nitrogen and oxygen atoms in total. The highest BCUT2D eigenvalue weighted by atomic mass is 31.2. The molecule has 0 bridgehead atoms. The zero-order chi connectivity index (χ0) is 32.7. The molecule has 0 spiro atoms. The van der Waals surface area contributed by atoms with Gasteiger partial charge in [0.2, 0.25) is 0 Å². The Morgan fingerprint density at radius 1 is 0.489 bits per heavy atom. The molecule has 0 radical (unpaired) electrons. The Hall–Kier alpha value is 0.110. The van der Waals surface area contributed by atoms with Crippen molar-refractivity contribution in [1.29, 1.82) is 0 Å². The molecule has 270 valence electrons. The van der Waals surface area contributed by atoms with Gasteiger partial charge < -0.3 is 13.9 Å². The van der Waals surface area contributed by atoms with Gasteiger partial charge in [-0.3, -0.25) is 4.57 Å². The molecule has 5 heteroatoms. The molecule has 1 rings (SSSR count). The molecule has 0 aromatic carbocycles. The van der Waals surface area contributed by atoms with Crippen molar-refractivity contribution in [1.82, 2.24) is 4.90 Å². The monoisotopic (exact) mass is 656 g/mol. The molecule has 0 amide bonds. The summed E-state index contributed by atoms with van der Waals surface area (Å²) in [6.07, 6.45) is 36.7. The lowest BCUT2D eigenvalue weighted by atomic mass is 9.95. The summed E-state index contributed by atoms with van der Waals surface area (Å²) in [6.45, 7) is 13.8. The van der Waals surface area contributed by atoms with E-state index in [0.29, 0.717) is 31.2 Å². The smallest absolute Gasteiger partial charge is 0.308 e. The fraction of sp³-hybridized carbons (Fsp3) is 1.00. The highest BCUT2D eigenvalue weighted by molar-refractivity contribution is 7.53. The van der Waals surface area contributed by atoms with Crippen LogP contribution in [-0.2, 0) is 13.6 Å². The Kier molecular flexibility index (Phi) is 30.1. The van der Waals surface area contributed by atoms with Gasteiger partial charge in [0.1, 0.15) is 0 Å². The average molecular weight is 656 g/mol. The van der Waals surface area contributed by atoms with Crippen LogP contribution < -0.4 is 0 Å². The highest BCUT2D eigenvalue weighted by Gasteiger charge is 2.28. The van der Waals surface area contributed by atoms with Crippen molar-refractivity contribution in [2.75, 3.05) is 39.0 Å². The molecule has 0 aromatic heterocycles. The van der Waals surface area contributed by atoms with Crippen LogP contribution in [0.15, 0.2) is 0 Å². The maximum atomic E-state index is 14.4. The van der Waals surface area contributed by atoms with E-state index in [1.807, 2.05) is 0 Å². The Morgan fingerprint density at radius 3 is 1.24 bits per heavy atom. The second kappa shape index (κ2) is 31.4. The zero-order valence-electron chi connectivity index (χ0n) is 31.3. The van der Waals surface area contributed by atoms with Crippen LogP contribution in [0.3, 0.4) is 0 Å². The van der Waals surface area contributed by atoms with Crippen LogP contribution in [0.2, 0.25) is 0 Å². The lowest BCUT2D eigenvalue weighted by Crippen LogP contribution is -2.31. The first-order chi connectivity index (χ1) is 22.1. The van der Waals surface area contributed by atoms with Gasteiger partial charge in [0.15, 0.2) is 0 Å². The lowest BCUT2D eigenvalue weighted by molar-refractivity contribution is 0.145. The second-order valence-electron chi connectivity index (χ2n) is 14.7. The summed E-state index contributed by atoms with van der Waals surface area (Å²) in [6, 6.07) is 0. The molecular formula is C40H82NO3P. The number of unbranched alkanes of at least 4 members (excludes halogenated alkanes) is 16. The fourth-order valence-corrected chi connectivity index (χ4v) is 8.78. The van der Waals surface area contributed by atoms with Crippen molar-refractivity contribution in [3.05, 3.63) is 0 Å². The van der Waals surface area contributed by atoms with Gasteiger partial charge in [0.05, 0.1) is 19.4 Å². The molecule has 0 aromatic rings. The van der Waals surface area contributed by atoms with E-state index in [0.717, 1.165) is 13.0 Å². The van der Waals surface area contributed by atoms with Gasteiger partial charge in [-0.05, 0) is 76.4 Å². The number of hydrogen-bond acceptors (Lipinski definition) is 4. The molecule has 1 saturated heterocycles. The Morgan fingerprint density at radius 2 is 0.844 bits per heavy atom. The topological polar surface area (TPSA) is 38.8 Å². The van der Waals surface area contributed by atoms with Gasteiger partial charge in [-0.25, -0.2) is 0 Å². The summed E-state index contributed by atoms with van der Waals surface area (Å²) in [5, 5.41) is 0. The van der Waals surface area contributed by atoms with Crippen LogP contribution in [0.4, 0.5) is 0 Å². The number of piperidine rings is 1. The maximum Gasteiger partial charge on any atom is 0.330 e. The standard InChI is InChI=1S/C40H82NO3P/c1-5-9-13-17-19-24-31-39(29-22-15-11-7-3)37-43-45(42,36-28-35-41-33-26-21-27-34-41)44-38-40(30-23-16-12-8-4)32-25-20-18-14-10-6-2/h39-40H,5-38H2,1-4H3. The van der Waals surface area contributed by atoms with E-state index in [2.05, 4.69) is 32.6 Å². The van der Waals surface area contributed by atoms with E-state index in [-0.39, 0.29) is 0 Å². The summed E-state index contributed by atoms with van der Waals surface area (Å²) >= 11 is 0. The first-order valence-electron chi connectivity index (χ1n) is 20.7. The molecule has 1 fully saturated rings. The SMILES string of the molecule is CCCCCCCCC(CCCCCC)COP(=O)(CCCN1CCCCC1)OCC(CCCCCC)CCCCCCCC. The number of rotatable bonds is 34. The summed E-state index contributed by atoms with van der Waals surface area (Å²) in [5.41, 5.74) is 0. The van der Waals surface area contributed by atoms with Crippen molar-refractivity contribution < 1.29 is 13.6 Å². The van der Waals surface area contributed by atoms with Gasteiger partial charge in [0, 0.05) is 0 Å². The van der Waals surface area contributed by atoms with Crippen LogP contribution in [0.25, 0.3) is 0 Å². The predicted octanol–water partition coefficient (Wildman–Crippen LogP) is 13.8. The van der Waals surface area contributed by atoms with Crippen LogP contribution in [0, 0.1) is 11.8 Å². The first-order valence-corrected chi connectivity index (χ1v) is 22.4. The second-order valence-corrected chi connectivity index (χ2v) is 16.9. The van der Waals surface area contributed by atoms with Crippen molar-refractivity contribution >= 4 is 7.60 Å². The number of nitrogens with zero attached hydrogens (tertiary/aromatic N) is 1. The summed E-state index contributed by atoms with van der Waals surface area (Å²) in [4.78, 5) is 2.57. The van der Waals surface area contributed by atoms with E-state index in [4.69, 9.17) is 9.05 Å². The van der Waals surface area contributed by atoms with Crippen molar-refractivity contribution in [3.63, 3.8) is 0 Å². The molecule has 0 N–H and O–H groups in total. The molecule has 0 saturated carbocycles. The van der Waals surface area contributed by atoms with Crippen LogP contribution in [-0.4, -0.2) is 43.9 Å². The molecule has 2 unspecified atom stereocenters. The van der Waals surface area contributed by atoms with Crippen LogP contribution in [0.1, 0.15) is 207 Å². The number of hydrogen-bond donors (Lipinski definition) is 0. The predicted molar refractivity (Wildman–Crippen MR) is 200 cm³/mol. The van der Waals surface area contributed by atoms with Crippen molar-refractivity contribution in [2.24, 2.45) is 11.8 Å². The Bertz CT molecular complexity index is 613. The zero-order valence-corrected chi connectivity index (χ0v) is 32.2. The van der Waals surface area contributed by atoms with E-state index < -0.39 is 7.60 Å². The highest BCUT2D eigenvalue weighted by Crippen LogP contribution is 2.50. The van der Waals surface area contributed by atoms with E-state index in [9.17, 15) is 4.57 Å². The molecule has 2 atom stereocenters. The minimum Gasteiger partial charge on any atom is -0.308 e. The third-order valence-electron chi connectivity index (χ3n) is 10.2. The quantitative estimate of drug-likeness (QED) is 0.0511. The summed E-state index contributed by atoms with van der Waals surface area (Å²) in [5.74, 6) is 1.03. The van der Waals surface area contributed by atoms with Gasteiger partial charge in [-0.2, -0.15) is 0 Å². The largest absolute Gasteiger partial charge is 0.330 e. The van der Waals surface area contributed by atoms with E-state index in [1.54, 1.807) is 0 Å². The molecule has 1 heterocycles. The van der Waals surface area contributed by atoms with Crippen LogP contribution >= 0.6 is 7.60 Å². The normalized spacial score (nSPS) is 17.0. The number of likely N-dealkylation sites (tertiary alicyclic amines) is 1. The average Bonchev–Trinajstić information content (AvgIpc) is 3.05. The molecule has 0 aliphatic carbocycles. The Balaban J connectivity index is 2.79. The van der Waals surface area contributed by atoms with Gasteiger partial charge >= 0.3 is 7.60 Å². The minimum absolute atomic E-state index is 0.514. The van der Waals surface area contributed by atoms with E-state index >= 15 is 0 Å².